The number of carbonyl (C=O) groups excluding carboxylic acids is 2. The third-order valence-electron chi connectivity index (χ3n) is 4.15. The molecule has 6 nitrogen and oxygen atoms in total. The summed E-state index contributed by atoms with van der Waals surface area (Å²) < 4.78 is 5.04. The van der Waals surface area contributed by atoms with Crippen LogP contribution in [0.5, 0.6) is 5.75 Å². The van der Waals surface area contributed by atoms with Gasteiger partial charge in [-0.05, 0) is 31.2 Å². The molecule has 6 heteroatoms. The molecule has 2 rings (SSSR count). The number of likely N-dealkylation sites (N-methyl/N-ethyl adjacent to an activating group) is 1. The molecule has 2 amide bonds. The Bertz CT molecular complexity index is 516. The summed E-state index contributed by atoms with van der Waals surface area (Å²) in [6.45, 7) is 4.90. The van der Waals surface area contributed by atoms with Crippen molar-refractivity contribution in [2.45, 2.75) is 25.8 Å². The van der Waals surface area contributed by atoms with Crippen LogP contribution in [0.1, 0.15) is 19.8 Å². The van der Waals surface area contributed by atoms with Gasteiger partial charge in [-0.2, -0.15) is 0 Å². The van der Waals surface area contributed by atoms with Gasteiger partial charge in [-0.1, -0.05) is 0 Å². The molecule has 2 atom stereocenters. The molecule has 1 aliphatic heterocycles. The van der Waals surface area contributed by atoms with E-state index in [4.69, 9.17) is 4.74 Å². The number of anilines is 1. The molecule has 1 aliphatic rings. The van der Waals surface area contributed by atoms with Crippen LogP contribution in [0.2, 0.25) is 0 Å². The van der Waals surface area contributed by atoms with E-state index in [1.54, 1.807) is 31.4 Å². The Balaban J connectivity index is 1.80. The van der Waals surface area contributed by atoms with E-state index >= 15 is 0 Å². The second kappa shape index (κ2) is 7.79. The molecule has 0 saturated carbocycles. The topological polar surface area (TPSA) is 71.9 Å². The average Bonchev–Trinajstić information content (AvgIpc) is 3.00. The van der Waals surface area contributed by atoms with Crippen molar-refractivity contribution in [3.05, 3.63) is 24.3 Å². The van der Waals surface area contributed by atoms with Crippen LogP contribution in [0.15, 0.2) is 24.3 Å². The third kappa shape index (κ3) is 4.21. The highest BCUT2D eigenvalue weighted by Crippen LogP contribution is 2.14. The van der Waals surface area contributed by atoms with Crippen LogP contribution in [-0.2, 0) is 9.59 Å². The summed E-state index contributed by atoms with van der Waals surface area (Å²) in [5, 5.41) is 5.32. The molecule has 22 heavy (non-hydrogen) atoms. The lowest BCUT2D eigenvalue weighted by Gasteiger charge is -2.19. The SMILES string of the molecule is CC[NH+]1CCC[C@H]1CNC(=O)C(=O)Nc1ccc(OC)cc1. The molecule has 0 spiro atoms. The largest absolute Gasteiger partial charge is 0.497 e. The van der Waals surface area contributed by atoms with Gasteiger partial charge in [-0.3, -0.25) is 9.59 Å². The number of hydrogen-bond acceptors (Lipinski definition) is 3. The lowest BCUT2D eigenvalue weighted by molar-refractivity contribution is -0.909. The number of carbonyl (C=O) groups is 2. The van der Waals surface area contributed by atoms with Crippen molar-refractivity contribution in [1.29, 1.82) is 0 Å². The van der Waals surface area contributed by atoms with E-state index in [-0.39, 0.29) is 0 Å². The fraction of sp³-hybridized carbons (Fsp3) is 0.500. The fourth-order valence-corrected chi connectivity index (χ4v) is 2.85. The van der Waals surface area contributed by atoms with E-state index in [1.807, 2.05) is 0 Å². The van der Waals surface area contributed by atoms with Crippen LogP contribution in [0.25, 0.3) is 0 Å². The maximum atomic E-state index is 11.9. The summed E-state index contributed by atoms with van der Waals surface area (Å²) in [5.41, 5.74) is 0.572. The molecule has 1 aromatic rings. The van der Waals surface area contributed by atoms with Gasteiger partial charge in [0.2, 0.25) is 0 Å². The lowest BCUT2D eigenvalue weighted by atomic mass is 10.2. The van der Waals surface area contributed by atoms with Gasteiger partial charge in [0.25, 0.3) is 0 Å². The molecular formula is C16H24N3O3+. The van der Waals surface area contributed by atoms with Crippen LogP contribution in [0.4, 0.5) is 5.69 Å². The summed E-state index contributed by atoms with van der Waals surface area (Å²) in [4.78, 5) is 25.2. The van der Waals surface area contributed by atoms with Gasteiger partial charge in [0, 0.05) is 18.5 Å². The maximum absolute atomic E-state index is 11.9. The maximum Gasteiger partial charge on any atom is 0.313 e. The van der Waals surface area contributed by atoms with Gasteiger partial charge in [-0.15, -0.1) is 0 Å². The van der Waals surface area contributed by atoms with E-state index in [2.05, 4.69) is 17.6 Å². The van der Waals surface area contributed by atoms with Crippen molar-refractivity contribution in [3.63, 3.8) is 0 Å². The highest BCUT2D eigenvalue weighted by atomic mass is 16.5. The summed E-state index contributed by atoms with van der Waals surface area (Å²) in [6, 6.07) is 7.28. The second-order valence-electron chi connectivity index (χ2n) is 5.49. The summed E-state index contributed by atoms with van der Waals surface area (Å²) in [5.74, 6) is -0.523. The van der Waals surface area contributed by atoms with Crippen molar-refractivity contribution in [2.75, 3.05) is 32.1 Å². The highest BCUT2D eigenvalue weighted by molar-refractivity contribution is 6.39. The zero-order valence-electron chi connectivity index (χ0n) is 13.1. The monoisotopic (exact) mass is 306 g/mol. The Morgan fingerprint density at radius 2 is 2.00 bits per heavy atom. The minimum atomic E-state index is -0.638. The Kier molecular flexibility index (Phi) is 5.77. The zero-order chi connectivity index (χ0) is 15.9. The zero-order valence-corrected chi connectivity index (χ0v) is 13.1. The molecule has 0 bridgehead atoms. The minimum Gasteiger partial charge on any atom is -0.497 e. The molecule has 0 aliphatic carbocycles. The Morgan fingerprint density at radius 3 is 2.64 bits per heavy atom. The minimum absolute atomic E-state index is 0.419. The second-order valence-corrected chi connectivity index (χ2v) is 5.49. The van der Waals surface area contributed by atoms with E-state index in [0.29, 0.717) is 24.0 Å². The number of ether oxygens (including phenoxy) is 1. The lowest BCUT2D eigenvalue weighted by Crippen LogP contribution is -3.14. The number of methoxy groups -OCH3 is 1. The molecule has 0 radical (unpaired) electrons. The predicted molar refractivity (Wildman–Crippen MR) is 84.0 cm³/mol. The van der Waals surface area contributed by atoms with Crippen LogP contribution in [-0.4, -0.2) is 44.6 Å². The van der Waals surface area contributed by atoms with Gasteiger partial charge >= 0.3 is 11.8 Å². The van der Waals surface area contributed by atoms with Crippen LogP contribution >= 0.6 is 0 Å². The molecule has 3 N–H and O–H groups in total. The molecule has 0 aromatic heterocycles. The van der Waals surface area contributed by atoms with Crippen molar-refractivity contribution in [1.82, 2.24) is 5.32 Å². The molecule has 1 unspecified atom stereocenters. The molecule has 1 saturated heterocycles. The summed E-state index contributed by atoms with van der Waals surface area (Å²) in [6.07, 6.45) is 2.28. The first-order chi connectivity index (χ1) is 10.6. The van der Waals surface area contributed by atoms with Crippen molar-refractivity contribution in [2.24, 2.45) is 0 Å². The number of quaternary nitrogens is 1. The van der Waals surface area contributed by atoms with Gasteiger partial charge in [0.15, 0.2) is 0 Å². The number of hydrogen-bond donors (Lipinski definition) is 3. The standard InChI is InChI=1S/C16H23N3O3/c1-3-19-10-4-5-13(19)11-17-15(20)16(21)18-12-6-8-14(22-2)9-7-12/h6-9,13H,3-5,10-11H2,1-2H3,(H,17,20)(H,18,21)/p+1/t13-/m0/s1. The normalized spacial score (nSPS) is 20.5. The quantitative estimate of drug-likeness (QED) is 0.661. The number of benzene rings is 1. The number of rotatable bonds is 5. The van der Waals surface area contributed by atoms with Crippen LogP contribution < -0.4 is 20.3 Å². The van der Waals surface area contributed by atoms with Gasteiger partial charge in [0.05, 0.1) is 26.7 Å². The highest BCUT2D eigenvalue weighted by Gasteiger charge is 2.27. The Hall–Kier alpha value is -2.08. The van der Waals surface area contributed by atoms with Crippen molar-refractivity contribution in [3.8, 4) is 5.75 Å². The first-order valence-corrected chi connectivity index (χ1v) is 7.71. The Morgan fingerprint density at radius 1 is 1.27 bits per heavy atom. The van der Waals surface area contributed by atoms with Crippen molar-refractivity contribution >= 4 is 17.5 Å². The molecule has 1 fully saturated rings. The van der Waals surface area contributed by atoms with E-state index in [9.17, 15) is 9.59 Å². The van der Waals surface area contributed by atoms with E-state index in [1.165, 1.54) is 11.3 Å². The van der Waals surface area contributed by atoms with Gasteiger partial charge in [0.1, 0.15) is 11.8 Å². The smallest absolute Gasteiger partial charge is 0.313 e. The van der Waals surface area contributed by atoms with E-state index < -0.39 is 11.8 Å². The molecular weight excluding hydrogens is 282 g/mol. The van der Waals surface area contributed by atoms with Gasteiger partial charge < -0.3 is 20.3 Å². The Labute approximate surface area is 130 Å². The first kappa shape index (κ1) is 16.3. The van der Waals surface area contributed by atoms with Crippen LogP contribution in [0.3, 0.4) is 0 Å². The molecule has 120 valence electrons. The molecule has 1 aromatic carbocycles. The molecule has 1 heterocycles. The summed E-state index contributed by atoms with van der Waals surface area (Å²) >= 11 is 0. The number of amides is 2. The average molecular weight is 306 g/mol. The van der Waals surface area contributed by atoms with Crippen LogP contribution in [0, 0.1) is 0 Å². The summed E-state index contributed by atoms with van der Waals surface area (Å²) in [7, 11) is 1.58. The van der Waals surface area contributed by atoms with Gasteiger partial charge in [-0.25, -0.2) is 0 Å². The van der Waals surface area contributed by atoms with E-state index in [0.717, 1.165) is 19.5 Å². The third-order valence-corrected chi connectivity index (χ3v) is 4.15. The number of likely N-dealkylation sites (tertiary alicyclic amines) is 1. The predicted octanol–water partition coefficient (Wildman–Crippen LogP) is -0.183. The first-order valence-electron chi connectivity index (χ1n) is 7.71. The fourth-order valence-electron chi connectivity index (χ4n) is 2.85. The van der Waals surface area contributed by atoms with Crippen molar-refractivity contribution < 1.29 is 19.2 Å². The number of nitrogens with one attached hydrogen (secondary N) is 3.